The standard InChI is InChI=1S/C17H15N3O4/c18-9-12(17(21)20-11-14-2-1-5-22-14)10-19-13-3-4-15-16(8-13)24-7-6-23-15/h1-5,8,10,19H,6-7,11H2,(H,20,21)/b12-10-. The number of ether oxygens (including phenoxy) is 2. The number of carbonyl (C=O) groups excluding carboxylic acids is 1. The first-order valence-electron chi connectivity index (χ1n) is 7.33. The van der Waals surface area contributed by atoms with Gasteiger partial charge in [0.25, 0.3) is 5.91 Å². The maximum atomic E-state index is 12.0. The predicted molar refractivity (Wildman–Crippen MR) is 85.3 cm³/mol. The highest BCUT2D eigenvalue weighted by atomic mass is 16.6. The van der Waals surface area contributed by atoms with Gasteiger partial charge in [-0.15, -0.1) is 0 Å². The van der Waals surface area contributed by atoms with Crippen molar-refractivity contribution in [1.82, 2.24) is 5.32 Å². The van der Waals surface area contributed by atoms with Crippen molar-refractivity contribution in [2.24, 2.45) is 0 Å². The largest absolute Gasteiger partial charge is 0.486 e. The van der Waals surface area contributed by atoms with Gasteiger partial charge in [-0.3, -0.25) is 4.79 Å². The Bertz CT molecular complexity index is 791. The molecule has 3 rings (SSSR count). The van der Waals surface area contributed by atoms with Gasteiger partial charge in [0.1, 0.15) is 30.6 Å². The second kappa shape index (κ2) is 7.24. The molecule has 0 fully saturated rings. The summed E-state index contributed by atoms with van der Waals surface area (Å²) in [4.78, 5) is 12.0. The quantitative estimate of drug-likeness (QED) is 0.646. The smallest absolute Gasteiger partial charge is 0.263 e. The molecule has 2 heterocycles. The average Bonchev–Trinajstić information content (AvgIpc) is 3.14. The first-order valence-corrected chi connectivity index (χ1v) is 7.33. The van der Waals surface area contributed by atoms with Crippen molar-refractivity contribution in [2.45, 2.75) is 6.54 Å². The third-order valence-electron chi connectivity index (χ3n) is 3.29. The summed E-state index contributed by atoms with van der Waals surface area (Å²) in [5, 5.41) is 14.7. The van der Waals surface area contributed by atoms with Gasteiger partial charge >= 0.3 is 0 Å². The first-order chi connectivity index (χ1) is 11.8. The SMILES string of the molecule is N#C/C(=C/Nc1ccc2c(c1)OCCO2)C(=O)NCc1ccco1. The maximum absolute atomic E-state index is 12.0. The number of hydrogen-bond acceptors (Lipinski definition) is 6. The van der Waals surface area contributed by atoms with E-state index in [9.17, 15) is 4.79 Å². The van der Waals surface area contributed by atoms with Gasteiger partial charge in [-0.05, 0) is 24.3 Å². The number of anilines is 1. The second-order valence-electron chi connectivity index (χ2n) is 4.93. The minimum absolute atomic E-state index is 0.0450. The molecular weight excluding hydrogens is 310 g/mol. The number of fused-ring (bicyclic) bond motifs is 1. The molecule has 0 radical (unpaired) electrons. The van der Waals surface area contributed by atoms with Crippen LogP contribution in [-0.2, 0) is 11.3 Å². The normalized spacial score (nSPS) is 13.0. The molecule has 2 aromatic rings. The highest BCUT2D eigenvalue weighted by Crippen LogP contribution is 2.32. The van der Waals surface area contributed by atoms with E-state index in [0.29, 0.717) is 36.2 Å². The summed E-state index contributed by atoms with van der Waals surface area (Å²) in [5.74, 6) is 1.42. The molecule has 1 aliphatic rings. The summed E-state index contributed by atoms with van der Waals surface area (Å²) >= 11 is 0. The lowest BCUT2D eigenvalue weighted by Gasteiger charge is -2.18. The van der Waals surface area contributed by atoms with Gasteiger partial charge in [0.05, 0.1) is 12.8 Å². The van der Waals surface area contributed by atoms with Crippen LogP contribution in [0.1, 0.15) is 5.76 Å². The van der Waals surface area contributed by atoms with E-state index in [1.54, 1.807) is 30.3 Å². The van der Waals surface area contributed by atoms with Crippen LogP contribution in [-0.4, -0.2) is 19.1 Å². The molecule has 0 bridgehead atoms. The molecule has 2 N–H and O–H groups in total. The minimum Gasteiger partial charge on any atom is -0.486 e. The molecule has 0 unspecified atom stereocenters. The van der Waals surface area contributed by atoms with Crippen molar-refractivity contribution in [1.29, 1.82) is 5.26 Å². The molecule has 1 aromatic carbocycles. The third kappa shape index (κ3) is 3.67. The zero-order valence-corrected chi connectivity index (χ0v) is 12.7. The third-order valence-corrected chi connectivity index (χ3v) is 3.29. The molecule has 0 atom stereocenters. The highest BCUT2D eigenvalue weighted by molar-refractivity contribution is 5.97. The van der Waals surface area contributed by atoms with E-state index < -0.39 is 5.91 Å². The fourth-order valence-electron chi connectivity index (χ4n) is 2.11. The summed E-state index contributed by atoms with van der Waals surface area (Å²) < 4.78 is 16.0. The van der Waals surface area contributed by atoms with E-state index >= 15 is 0 Å². The molecule has 0 saturated heterocycles. The molecule has 0 saturated carbocycles. The van der Waals surface area contributed by atoms with Gasteiger partial charge < -0.3 is 24.5 Å². The van der Waals surface area contributed by atoms with Crippen LogP contribution in [0.25, 0.3) is 0 Å². The Morgan fingerprint density at radius 1 is 1.25 bits per heavy atom. The number of rotatable bonds is 5. The summed E-state index contributed by atoms with van der Waals surface area (Å²) in [6.45, 7) is 1.23. The van der Waals surface area contributed by atoms with Gasteiger partial charge in [-0.25, -0.2) is 0 Å². The number of amides is 1. The molecule has 0 aliphatic carbocycles. The second-order valence-corrected chi connectivity index (χ2v) is 4.93. The lowest BCUT2D eigenvalue weighted by Crippen LogP contribution is -2.24. The molecule has 1 amide bonds. The average molecular weight is 325 g/mol. The Kier molecular flexibility index (Phi) is 4.68. The number of nitrogens with one attached hydrogen (secondary N) is 2. The van der Waals surface area contributed by atoms with Gasteiger partial charge in [-0.2, -0.15) is 5.26 Å². The topological polar surface area (TPSA) is 96.5 Å². The number of benzene rings is 1. The highest BCUT2D eigenvalue weighted by Gasteiger charge is 2.12. The van der Waals surface area contributed by atoms with Crippen LogP contribution in [0, 0.1) is 11.3 Å². The van der Waals surface area contributed by atoms with E-state index in [0.717, 1.165) is 0 Å². The van der Waals surface area contributed by atoms with Gasteiger partial charge in [0, 0.05) is 18.0 Å². The molecule has 1 aliphatic heterocycles. The Hall–Kier alpha value is -3.40. The molecule has 1 aromatic heterocycles. The van der Waals surface area contributed by atoms with E-state index in [1.807, 2.05) is 6.07 Å². The van der Waals surface area contributed by atoms with Crippen LogP contribution < -0.4 is 20.1 Å². The van der Waals surface area contributed by atoms with Crippen LogP contribution in [0.2, 0.25) is 0 Å². The Morgan fingerprint density at radius 3 is 2.83 bits per heavy atom. The van der Waals surface area contributed by atoms with Crippen molar-refractivity contribution >= 4 is 11.6 Å². The molecule has 24 heavy (non-hydrogen) atoms. The van der Waals surface area contributed by atoms with E-state index in [2.05, 4.69) is 10.6 Å². The number of nitriles is 1. The molecule has 122 valence electrons. The molecular formula is C17H15N3O4. The molecule has 7 nitrogen and oxygen atoms in total. The summed E-state index contributed by atoms with van der Waals surface area (Å²) in [6, 6.07) is 10.6. The van der Waals surface area contributed by atoms with Crippen molar-refractivity contribution in [2.75, 3.05) is 18.5 Å². The number of nitrogens with zero attached hydrogens (tertiary/aromatic N) is 1. The van der Waals surface area contributed by atoms with Crippen LogP contribution in [0.15, 0.2) is 52.8 Å². The van der Waals surface area contributed by atoms with Crippen molar-refractivity contribution in [3.8, 4) is 17.6 Å². The van der Waals surface area contributed by atoms with Gasteiger partial charge in [-0.1, -0.05) is 0 Å². The van der Waals surface area contributed by atoms with Gasteiger partial charge in [0.2, 0.25) is 0 Å². The Balaban J connectivity index is 1.63. The fraction of sp³-hybridized carbons (Fsp3) is 0.176. The Morgan fingerprint density at radius 2 is 2.08 bits per heavy atom. The Labute approximate surface area is 138 Å². The monoisotopic (exact) mass is 325 g/mol. The van der Waals surface area contributed by atoms with Crippen LogP contribution in [0.5, 0.6) is 11.5 Å². The lowest BCUT2D eigenvalue weighted by molar-refractivity contribution is -0.117. The number of furan rings is 1. The van der Waals surface area contributed by atoms with E-state index in [1.165, 1.54) is 12.5 Å². The van der Waals surface area contributed by atoms with E-state index in [4.69, 9.17) is 19.2 Å². The van der Waals surface area contributed by atoms with Crippen molar-refractivity contribution in [3.05, 3.63) is 54.1 Å². The molecule has 0 spiro atoms. The van der Waals surface area contributed by atoms with Crippen LogP contribution in [0.3, 0.4) is 0 Å². The van der Waals surface area contributed by atoms with Gasteiger partial charge in [0.15, 0.2) is 11.5 Å². The summed E-state index contributed by atoms with van der Waals surface area (Å²) in [7, 11) is 0. The summed E-state index contributed by atoms with van der Waals surface area (Å²) in [6.07, 6.45) is 2.87. The first kappa shape index (κ1) is 15.5. The number of hydrogen-bond donors (Lipinski definition) is 2. The van der Waals surface area contributed by atoms with Crippen molar-refractivity contribution < 1.29 is 18.7 Å². The van der Waals surface area contributed by atoms with Crippen molar-refractivity contribution in [3.63, 3.8) is 0 Å². The number of carbonyl (C=O) groups is 1. The maximum Gasteiger partial charge on any atom is 0.263 e. The van der Waals surface area contributed by atoms with Crippen LogP contribution in [0.4, 0.5) is 5.69 Å². The zero-order valence-electron chi connectivity index (χ0n) is 12.7. The van der Waals surface area contributed by atoms with E-state index in [-0.39, 0.29) is 12.1 Å². The zero-order chi connectivity index (χ0) is 16.8. The van der Waals surface area contributed by atoms with Crippen LogP contribution >= 0.6 is 0 Å². The summed E-state index contributed by atoms with van der Waals surface area (Å²) in [5.41, 5.74) is 0.641. The lowest BCUT2D eigenvalue weighted by atomic mass is 10.2. The fourth-order valence-corrected chi connectivity index (χ4v) is 2.11. The predicted octanol–water partition coefficient (Wildman–Crippen LogP) is 2.19. The molecule has 7 heteroatoms. The minimum atomic E-state index is -0.487.